The van der Waals surface area contributed by atoms with Crippen LogP contribution in [0.1, 0.15) is 5.56 Å². The van der Waals surface area contributed by atoms with E-state index in [0.717, 1.165) is 3.57 Å². The lowest BCUT2D eigenvalue weighted by molar-refractivity contribution is -0.134. The molecule has 0 amide bonds. The second-order valence-corrected chi connectivity index (χ2v) is 3.70. The number of hydrogen-bond donors (Lipinski definition) is 1. The van der Waals surface area contributed by atoms with Gasteiger partial charge in [-0.1, -0.05) is 12.1 Å². The summed E-state index contributed by atoms with van der Waals surface area (Å²) in [7, 11) is 1.31. The van der Waals surface area contributed by atoms with E-state index in [1.165, 1.54) is 19.3 Å². The van der Waals surface area contributed by atoms with Crippen molar-refractivity contribution in [3.05, 3.63) is 33.4 Å². The molecule has 0 heterocycles. The molecule has 0 saturated heterocycles. The van der Waals surface area contributed by atoms with Crippen molar-refractivity contribution < 1.29 is 14.6 Å². The van der Waals surface area contributed by atoms with E-state index < -0.39 is 5.97 Å². The number of rotatable bonds is 2. The lowest BCUT2D eigenvalue weighted by Crippen LogP contribution is -1.93. The molecule has 0 unspecified atom stereocenters. The minimum Gasteiger partial charge on any atom is -0.506 e. The lowest BCUT2D eigenvalue weighted by atomic mass is 10.2. The fourth-order valence-corrected chi connectivity index (χ4v) is 1.41. The summed E-state index contributed by atoms with van der Waals surface area (Å²) in [5.41, 5.74) is 0.599. The highest BCUT2D eigenvalue weighted by atomic mass is 127. The summed E-state index contributed by atoms with van der Waals surface area (Å²) in [6.45, 7) is 0. The number of methoxy groups -OCH3 is 1. The zero-order valence-corrected chi connectivity index (χ0v) is 9.69. The maximum atomic E-state index is 10.8. The number of esters is 1. The average molecular weight is 304 g/mol. The Morgan fingerprint density at radius 2 is 2.29 bits per heavy atom. The van der Waals surface area contributed by atoms with Gasteiger partial charge in [-0.3, -0.25) is 0 Å². The smallest absolute Gasteiger partial charge is 0.330 e. The van der Waals surface area contributed by atoms with Crippen LogP contribution in [0.5, 0.6) is 5.75 Å². The highest BCUT2D eigenvalue weighted by molar-refractivity contribution is 14.1. The van der Waals surface area contributed by atoms with Crippen LogP contribution in [0.4, 0.5) is 0 Å². The Balaban J connectivity index is 2.92. The molecule has 1 aromatic rings. The van der Waals surface area contributed by atoms with E-state index in [1.807, 2.05) is 22.6 Å². The second-order valence-electron chi connectivity index (χ2n) is 2.53. The predicted octanol–water partition coefficient (Wildman–Crippen LogP) is 2.18. The number of aromatic hydroxyl groups is 1. The molecule has 0 atom stereocenters. The maximum Gasteiger partial charge on any atom is 0.330 e. The number of hydrogen-bond acceptors (Lipinski definition) is 3. The lowest BCUT2D eigenvalue weighted by Gasteiger charge is -2.00. The van der Waals surface area contributed by atoms with Crippen molar-refractivity contribution in [2.75, 3.05) is 7.11 Å². The van der Waals surface area contributed by atoms with Crippen molar-refractivity contribution in [3.8, 4) is 5.75 Å². The molecule has 3 nitrogen and oxygen atoms in total. The number of carbonyl (C=O) groups is 1. The number of benzene rings is 1. The van der Waals surface area contributed by atoms with Crippen molar-refractivity contribution >= 4 is 34.6 Å². The molecule has 14 heavy (non-hydrogen) atoms. The van der Waals surface area contributed by atoms with Crippen molar-refractivity contribution in [3.63, 3.8) is 0 Å². The van der Waals surface area contributed by atoms with Gasteiger partial charge in [0.1, 0.15) is 5.75 Å². The molecule has 1 rings (SSSR count). The van der Waals surface area contributed by atoms with Crippen molar-refractivity contribution in [2.24, 2.45) is 0 Å². The average Bonchev–Trinajstić information content (AvgIpc) is 2.20. The number of halogens is 1. The monoisotopic (exact) mass is 304 g/mol. The summed E-state index contributed by atoms with van der Waals surface area (Å²) in [5, 5.41) is 9.57. The molecule has 1 aromatic carbocycles. The van der Waals surface area contributed by atoms with Crippen LogP contribution in [0, 0.1) is 3.57 Å². The first-order valence-electron chi connectivity index (χ1n) is 3.88. The van der Waals surface area contributed by atoms with Crippen LogP contribution in [0.3, 0.4) is 0 Å². The van der Waals surface area contributed by atoms with E-state index in [2.05, 4.69) is 4.74 Å². The molecule has 0 spiro atoms. The highest BCUT2D eigenvalue weighted by Gasteiger charge is 2.01. The first-order valence-corrected chi connectivity index (χ1v) is 4.96. The van der Waals surface area contributed by atoms with Crippen LogP contribution in [-0.2, 0) is 9.53 Å². The fourth-order valence-electron chi connectivity index (χ4n) is 0.892. The van der Waals surface area contributed by atoms with Gasteiger partial charge in [0.2, 0.25) is 0 Å². The third-order valence-corrected chi connectivity index (χ3v) is 2.49. The van der Waals surface area contributed by atoms with Crippen molar-refractivity contribution in [2.45, 2.75) is 0 Å². The molecule has 1 N–H and O–H groups in total. The third-order valence-electron chi connectivity index (χ3n) is 1.62. The Bertz CT molecular complexity index is 372. The van der Waals surface area contributed by atoms with E-state index in [1.54, 1.807) is 18.2 Å². The molecule has 0 aliphatic carbocycles. The number of para-hydroxylation sites is 1. The largest absolute Gasteiger partial charge is 0.506 e. The van der Waals surface area contributed by atoms with E-state index in [9.17, 15) is 9.90 Å². The van der Waals surface area contributed by atoms with Crippen molar-refractivity contribution in [1.82, 2.24) is 0 Å². The highest BCUT2D eigenvalue weighted by Crippen LogP contribution is 2.24. The van der Waals surface area contributed by atoms with Gasteiger partial charge in [-0.25, -0.2) is 4.79 Å². The SMILES string of the molecule is COC(=O)/C=C/c1cccc(I)c1O. The van der Waals surface area contributed by atoms with Crippen LogP contribution in [0.25, 0.3) is 6.08 Å². The topological polar surface area (TPSA) is 46.5 Å². The van der Waals surface area contributed by atoms with Gasteiger partial charge < -0.3 is 9.84 Å². The second kappa shape index (κ2) is 4.99. The summed E-state index contributed by atoms with van der Waals surface area (Å²) >= 11 is 2.02. The van der Waals surface area contributed by atoms with Crippen LogP contribution >= 0.6 is 22.6 Å². The normalized spacial score (nSPS) is 10.4. The molecule has 0 aliphatic rings. The van der Waals surface area contributed by atoms with Crippen molar-refractivity contribution in [1.29, 1.82) is 0 Å². The molecule has 74 valence electrons. The molecule has 0 fully saturated rings. The molecule has 4 heteroatoms. The Kier molecular flexibility index (Phi) is 3.94. The van der Waals surface area contributed by atoms with Crippen LogP contribution in [-0.4, -0.2) is 18.2 Å². The molecule has 0 radical (unpaired) electrons. The third kappa shape index (κ3) is 2.73. The summed E-state index contributed by atoms with van der Waals surface area (Å²) in [6, 6.07) is 5.31. The standard InChI is InChI=1S/C10H9IO3/c1-14-9(12)6-5-7-3-2-4-8(11)10(7)13/h2-6,13H,1H3/b6-5+. The Morgan fingerprint density at radius 3 is 2.93 bits per heavy atom. The van der Waals surface area contributed by atoms with Gasteiger partial charge in [0.05, 0.1) is 10.7 Å². The van der Waals surface area contributed by atoms with E-state index in [-0.39, 0.29) is 5.75 Å². The van der Waals surface area contributed by atoms with Gasteiger partial charge >= 0.3 is 5.97 Å². The Labute approximate surface area is 95.5 Å². The number of ether oxygens (including phenoxy) is 1. The molecule has 0 saturated carbocycles. The Hall–Kier alpha value is -1.04. The number of carbonyl (C=O) groups excluding carboxylic acids is 1. The van der Waals surface area contributed by atoms with E-state index in [0.29, 0.717) is 5.56 Å². The first kappa shape index (κ1) is 11.0. The van der Waals surface area contributed by atoms with Crippen LogP contribution in [0.15, 0.2) is 24.3 Å². The van der Waals surface area contributed by atoms with Gasteiger partial charge in [-0.15, -0.1) is 0 Å². The quantitative estimate of drug-likeness (QED) is 0.517. The Morgan fingerprint density at radius 1 is 1.57 bits per heavy atom. The first-order chi connectivity index (χ1) is 6.65. The van der Waals surface area contributed by atoms with Crippen LogP contribution < -0.4 is 0 Å². The fraction of sp³-hybridized carbons (Fsp3) is 0.100. The van der Waals surface area contributed by atoms with Gasteiger partial charge in [-0.05, 0) is 34.7 Å². The van der Waals surface area contributed by atoms with Gasteiger partial charge in [-0.2, -0.15) is 0 Å². The summed E-state index contributed by atoms with van der Waals surface area (Å²) in [4.78, 5) is 10.8. The van der Waals surface area contributed by atoms with Gasteiger partial charge in [0.25, 0.3) is 0 Å². The molecular formula is C10H9IO3. The number of phenols is 1. The summed E-state index contributed by atoms with van der Waals surface area (Å²) in [6.07, 6.45) is 2.79. The molecule has 0 aromatic heterocycles. The van der Waals surface area contributed by atoms with E-state index >= 15 is 0 Å². The summed E-state index contributed by atoms with van der Waals surface area (Å²) < 4.78 is 5.18. The maximum absolute atomic E-state index is 10.8. The van der Waals surface area contributed by atoms with E-state index in [4.69, 9.17) is 0 Å². The predicted molar refractivity (Wildman–Crippen MR) is 61.9 cm³/mol. The van der Waals surface area contributed by atoms with Gasteiger partial charge in [0, 0.05) is 11.6 Å². The molecular weight excluding hydrogens is 295 g/mol. The molecule has 0 aliphatic heterocycles. The minimum absolute atomic E-state index is 0.174. The molecule has 0 bridgehead atoms. The minimum atomic E-state index is -0.441. The summed E-state index contributed by atoms with van der Waals surface area (Å²) in [5.74, 6) is -0.267. The van der Waals surface area contributed by atoms with Gasteiger partial charge in [0.15, 0.2) is 0 Å². The van der Waals surface area contributed by atoms with Crippen LogP contribution in [0.2, 0.25) is 0 Å². The number of phenolic OH excluding ortho intramolecular Hbond substituents is 1. The zero-order valence-electron chi connectivity index (χ0n) is 7.53. The zero-order chi connectivity index (χ0) is 10.6.